The number of anilines is 1. The highest BCUT2D eigenvalue weighted by atomic mass is 16.1. The van der Waals surface area contributed by atoms with Crippen molar-refractivity contribution in [1.82, 2.24) is 10.3 Å². The fourth-order valence-electron chi connectivity index (χ4n) is 1.27. The van der Waals surface area contributed by atoms with Crippen molar-refractivity contribution in [3.8, 4) is 0 Å². The van der Waals surface area contributed by atoms with Gasteiger partial charge in [0.2, 0.25) is 0 Å². The van der Waals surface area contributed by atoms with E-state index in [1.54, 1.807) is 18.5 Å². The number of rotatable bonds is 6. The van der Waals surface area contributed by atoms with Crippen molar-refractivity contribution in [1.29, 1.82) is 0 Å². The van der Waals surface area contributed by atoms with Crippen LogP contribution in [-0.4, -0.2) is 23.9 Å². The summed E-state index contributed by atoms with van der Waals surface area (Å²) in [7, 11) is 0. The first kappa shape index (κ1) is 11.7. The number of Topliss-reactive ketones (excluding diaryl/α,β-unsaturated/α-hetero) is 1. The topological polar surface area (TPSA) is 68.0 Å². The molecular formula is C11H17N3O. The van der Waals surface area contributed by atoms with Crippen LogP contribution in [0.25, 0.3) is 0 Å². The van der Waals surface area contributed by atoms with Crippen LogP contribution >= 0.6 is 0 Å². The molecule has 82 valence electrons. The average Bonchev–Trinajstić information content (AvgIpc) is 2.22. The van der Waals surface area contributed by atoms with E-state index in [9.17, 15) is 4.79 Å². The van der Waals surface area contributed by atoms with Crippen LogP contribution < -0.4 is 11.1 Å². The molecule has 0 aliphatic rings. The van der Waals surface area contributed by atoms with Crippen LogP contribution in [-0.2, 0) is 11.2 Å². The first-order chi connectivity index (χ1) is 7.24. The number of nitrogens with zero attached hydrogens (tertiary/aromatic N) is 1. The highest BCUT2D eigenvalue weighted by Gasteiger charge is 2.05. The quantitative estimate of drug-likeness (QED) is 0.676. The van der Waals surface area contributed by atoms with Crippen LogP contribution in [0.3, 0.4) is 0 Å². The van der Waals surface area contributed by atoms with Gasteiger partial charge in [-0.15, -0.1) is 0 Å². The summed E-state index contributed by atoms with van der Waals surface area (Å²) in [5.41, 5.74) is 7.15. The summed E-state index contributed by atoms with van der Waals surface area (Å²) in [5, 5.41) is 3.06. The molecule has 0 aliphatic heterocycles. The molecule has 1 heterocycles. The van der Waals surface area contributed by atoms with E-state index in [0.717, 1.165) is 18.5 Å². The first-order valence-corrected chi connectivity index (χ1v) is 5.14. The normalized spacial score (nSPS) is 10.2. The number of hydrogen-bond donors (Lipinski definition) is 2. The van der Waals surface area contributed by atoms with Gasteiger partial charge in [0.1, 0.15) is 0 Å². The summed E-state index contributed by atoms with van der Waals surface area (Å²) in [6.07, 6.45) is 4.66. The molecule has 4 nitrogen and oxygen atoms in total. The molecule has 1 rings (SSSR count). The van der Waals surface area contributed by atoms with Crippen LogP contribution in [0.4, 0.5) is 5.69 Å². The summed E-state index contributed by atoms with van der Waals surface area (Å²) < 4.78 is 0. The van der Waals surface area contributed by atoms with Crippen molar-refractivity contribution in [3.05, 3.63) is 24.0 Å². The van der Waals surface area contributed by atoms with Gasteiger partial charge in [0.25, 0.3) is 0 Å². The number of nitrogens with two attached hydrogens (primary N) is 1. The summed E-state index contributed by atoms with van der Waals surface area (Å²) >= 11 is 0. The average molecular weight is 207 g/mol. The van der Waals surface area contributed by atoms with Crippen molar-refractivity contribution >= 4 is 11.5 Å². The fourth-order valence-corrected chi connectivity index (χ4v) is 1.27. The fraction of sp³-hybridized carbons (Fsp3) is 0.455. The summed E-state index contributed by atoms with van der Waals surface area (Å²) in [6, 6.07) is 1.71. The number of carbonyl (C=O) groups is 1. The van der Waals surface area contributed by atoms with Gasteiger partial charge < -0.3 is 11.1 Å². The molecular weight excluding hydrogens is 190 g/mol. The Kier molecular flexibility index (Phi) is 4.77. The highest BCUT2D eigenvalue weighted by Crippen LogP contribution is 2.09. The number of pyridine rings is 1. The molecule has 0 saturated heterocycles. The lowest BCUT2D eigenvalue weighted by Gasteiger charge is -2.04. The number of hydrogen-bond acceptors (Lipinski definition) is 4. The molecule has 0 spiro atoms. The number of carbonyl (C=O) groups excluding carboxylic acids is 1. The Morgan fingerprint density at radius 1 is 1.60 bits per heavy atom. The molecule has 3 N–H and O–H groups in total. The van der Waals surface area contributed by atoms with Crippen LogP contribution in [0.2, 0.25) is 0 Å². The lowest BCUT2D eigenvalue weighted by atomic mass is 10.1. The van der Waals surface area contributed by atoms with Gasteiger partial charge in [0.05, 0.1) is 6.54 Å². The molecule has 0 radical (unpaired) electrons. The Bertz CT molecular complexity index is 325. The van der Waals surface area contributed by atoms with Gasteiger partial charge in [-0.05, 0) is 19.0 Å². The highest BCUT2D eigenvalue weighted by molar-refractivity contribution is 5.83. The Balaban J connectivity index is 2.41. The summed E-state index contributed by atoms with van der Waals surface area (Å²) in [6.45, 7) is 3.34. The SMILES string of the molecule is CCCNCC(=O)Cc1cnccc1N. The van der Waals surface area contributed by atoms with Crippen molar-refractivity contribution < 1.29 is 4.79 Å². The Labute approximate surface area is 89.9 Å². The van der Waals surface area contributed by atoms with Crippen molar-refractivity contribution in [2.24, 2.45) is 0 Å². The zero-order valence-corrected chi connectivity index (χ0v) is 8.99. The van der Waals surface area contributed by atoms with E-state index in [4.69, 9.17) is 5.73 Å². The third-order valence-corrected chi connectivity index (χ3v) is 2.08. The number of aromatic nitrogens is 1. The maximum atomic E-state index is 11.5. The Hall–Kier alpha value is -1.42. The largest absolute Gasteiger partial charge is 0.398 e. The minimum Gasteiger partial charge on any atom is -0.398 e. The van der Waals surface area contributed by atoms with Crippen LogP contribution in [0.5, 0.6) is 0 Å². The minimum absolute atomic E-state index is 0.142. The van der Waals surface area contributed by atoms with E-state index in [1.165, 1.54) is 0 Å². The van der Waals surface area contributed by atoms with Gasteiger partial charge in [-0.25, -0.2) is 0 Å². The summed E-state index contributed by atoms with van der Waals surface area (Å²) in [5.74, 6) is 0.142. The number of nitrogen functional groups attached to an aromatic ring is 1. The maximum absolute atomic E-state index is 11.5. The smallest absolute Gasteiger partial charge is 0.151 e. The Morgan fingerprint density at radius 2 is 2.40 bits per heavy atom. The van der Waals surface area contributed by atoms with E-state index >= 15 is 0 Å². The van der Waals surface area contributed by atoms with E-state index < -0.39 is 0 Å². The van der Waals surface area contributed by atoms with Crippen molar-refractivity contribution in [2.75, 3.05) is 18.8 Å². The molecule has 0 aromatic carbocycles. The molecule has 0 saturated carbocycles. The summed E-state index contributed by atoms with van der Waals surface area (Å²) in [4.78, 5) is 15.4. The third-order valence-electron chi connectivity index (χ3n) is 2.08. The second-order valence-corrected chi connectivity index (χ2v) is 3.47. The van der Waals surface area contributed by atoms with Crippen LogP contribution in [0, 0.1) is 0 Å². The standard InChI is InChI=1S/C11H17N3O/c1-2-4-13-8-10(15)6-9-7-14-5-3-11(9)12/h3,5,7,13H,2,4,6,8H2,1H3,(H2,12,14). The third kappa shape index (κ3) is 4.08. The molecule has 15 heavy (non-hydrogen) atoms. The van der Waals surface area contributed by atoms with Gasteiger partial charge in [-0.3, -0.25) is 9.78 Å². The molecule has 0 amide bonds. The molecule has 0 unspecified atom stereocenters. The molecule has 0 bridgehead atoms. The van der Waals surface area contributed by atoms with E-state index in [-0.39, 0.29) is 5.78 Å². The van der Waals surface area contributed by atoms with Gasteiger partial charge in [0, 0.05) is 30.1 Å². The monoisotopic (exact) mass is 207 g/mol. The molecule has 1 aromatic heterocycles. The lowest BCUT2D eigenvalue weighted by Crippen LogP contribution is -2.25. The maximum Gasteiger partial charge on any atom is 0.151 e. The van der Waals surface area contributed by atoms with Crippen molar-refractivity contribution in [2.45, 2.75) is 19.8 Å². The van der Waals surface area contributed by atoms with E-state index in [0.29, 0.717) is 18.7 Å². The van der Waals surface area contributed by atoms with Gasteiger partial charge in [-0.2, -0.15) is 0 Å². The van der Waals surface area contributed by atoms with Crippen LogP contribution in [0.15, 0.2) is 18.5 Å². The second kappa shape index (κ2) is 6.14. The van der Waals surface area contributed by atoms with E-state index in [1.807, 2.05) is 0 Å². The predicted molar refractivity (Wildman–Crippen MR) is 60.5 cm³/mol. The van der Waals surface area contributed by atoms with Crippen LogP contribution in [0.1, 0.15) is 18.9 Å². The zero-order valence-electron chi connectivity index (χ0n) is 8.99. The molecule has 0 atom stereocenters. The van der Waals surface area contributed by atoms with E-state index in [2.05, 4.69) is 17.2 Å². The van der Waals surface area contributed by atoms with Gasteiger partial charge >= 0.3 is 0 Å². The van der Waals surface area contributed by atoms with Gasteiger partial charge in [-0.1, -0.05) is 6.92 Å². The molecule has 0 fully saturated rings. The molecule has 1 aromatic rings. The first-order valence-electron chi connectivity index (χ1n) is 5.14. The molecule has 0 aliphatic carbocycles. The lowest BCUT2D eigenvalue weighted by molar-refractivity contribution is -0.117. The number of ketones is 1. The molecule has 4 heteroatoms. The number of nitrogens with one attached hydrogen (secondary N) is 1. The second-order valence-electron chi connectivity index (χ2n) is 3.47. The van der Waals surface area contributed by atoms with Crippen molar-refractivity contribution in [3.63, 3.8) is 0 Å². The minimum atomic E-state index is 0.142. The van der Waals surface area contributed by atoms with Gasteiger partial charge in [0.15, 0.2) is 5.78 Å². The predicted octanol–water partition coefficient (Wildman–Crippen LogP) is 0.775. The Morgan fingerprint density at radius 3 is 3.07 bits per heavy atom. The zero-order chi connectivity index (χ0) is 11.1.